The molecule has 2 aromatic heterocycles. The van der Waals surface area contributed by atoms with E-state index in [0.717, 1.165) is 41.9 Å². The molecule has 0 amide bonds. The molecule has 0 saturated carbocycles. The lowest BCUT2D eigenvalue weighted by Gasteiger charge is -2.03. The largest absolute Gasteiger partial charge is 0.442 e. The predicted octanol–water partition coefficient (Wildman–Crippen LogP) is 4.65. The number of halogens is 2. The second kappa shape index (κ2) is 3.55. The van der Waals surface area contributed by atoms with E-state index in [1.807, 2.05) is 12.1 Å². The summed E-state index contributed by atoms with van der Waals surface area (Å²) in [6.07, 6.45) is 2.87. The van der Waals surface area contributed by atoms with E-state index in [1.165, 1.54) is 12.8 Å². The highest BCUT2D eigenvalue weighted by Gasteiger charge is 2.15. The van der Waals surface area contributed by atoms with Gasteiger partial charge in [0.2, 0.25) is 0 Å². The fourth-order valence-corrected chi connectivity index (χ4v) is 3.33. The highest BCUT2D eigenvalue weighted by Crippen LogP contribution is 2.39. The summed E-state index contributed by atoms with van der Waals surface area (Å²) in [6, 6.07) is 3.93. The molecule has 0 aliphatic heterocycles. The first-order chi connectivity index (χ1) is 8.75. The summed E-state index contributed by atoms with van der Waals surface area (Å²) in [7, 11) is 0. The van der Waals surface area contributed by atoms with Gasteiger partial charge in [-0.2, -0.15) is 0 Å². The van der Waals surface area contributed by atoms with Gasteiger partial charge < -0.3 is 8.83 Å². The molecule has 0 radical (unpaired) electrons. The van der Waals surface area contributed by atoms with E-state index in [9.17, 15) is 0 Å². The molecular weight excluding hydrogens is 364 g/mol. The first kappa shape index (κ1) is 10.5. The molecule has 0 fully saturated rings. The van der Waals surface area contributed by atoms with Crippen LogP contribution in [0.3, 0.4) is 0 Å². The van der Waals surface area contributed by atoms with Crippen molar-refractivity contribution in [2.45, 2.75) is 0 Å². The van der Waals surface area contributed by atoms with Gasteiger partial charge in [-0.25, -0.2) is 9.97 Å². The van der Waals surface area contributed by atoms with E-state index < -0.39 is 0 Å². The molecule has 88 valence electrons. The molecule has 0 aliphatic rings. The molecule has 2 heterocycles. The first-order valence-electron chi connectivity index (χ1n) is 5.13. The Labute approximate surface area is 117 Å². The second-order valence-corrected chi connectivity index (χ2v) is 5.46. The van der Waals surface area contributed by atoms with Gasteiger partial charge in [-0.05, 0) is 44.0 Å². The summed E-state index contributed by atoms with van der Waals surface area (Å²) in [5.74, 6) is 0. The third-order valence-electron chi connectivity index (χ3n) is 2.91. The van der Waals surface area contributed by atoms with Crippen LogP contribution < -0.4 is 0 Å². The van der Waals surface area contributed by atoms with Crippen molar-refractivity contribution >= 4 is 64.8 Å². The van der Waals surface area contributed by atoms with Gasteiger partial charge in [0.05, 0.1) is 8.95 Å². The van der Waals surface area contributed by atoms with Gasteiger partial charge >= 0.3 is 0 Å². The Kier molecular flexibility index (Phi) is 2.07. The fraction of sp³-hybridized carbons (Fsp3) is 0. The summed E-state index contributed by atoms with van der Waals surface area (Å²) in [5, 5.41) is 2.01. The SMILES string of the molecule is Brc1c2cc3ncoc3c(Br)c2cc2ncoc12. The van der Waals surface area contributed by atoms with Crippen LogP contribution >= 0.6 is 31.9 Å². The normalized spacial score (nSPS) is 11.9. The lowest BCUT2D eigenvalue weighted by molar-refractivity contribution is 0.600. The van der Waals surface area contributed by atoms with E-state index in [2.05, 4.69) is 41.8 Å². The molecule has 0 saturated heterocycles. The van der Waals surface area contributed by atoms with Gasteiger partial charge in [-0.3, -0.25) is 0 Å². The van der Waals surface area contributed by atoms with Gasteiger partial charge in [0.15, 0.2) is 24.0 Å². The van der Waals surface area contributed by atoms with Gasteiger partial charge in [-0.1, -0.05) is 0 Å². The maximum absolute atomic E-state index is 5.37. The molecule has 2 aromatic carbocycles. The van der Waals surface area contributed by atoms with Crippen LogP contribution in [0.2, 0.25) is 0 Å². The van der Waals surface area contributed by atoms with Crippen molar-refractivity contribution in [3.8, 4) is 0 Å². The van der Waals surface area contributed by atoms with Crippen molar-refractivity contribution in [2.75, 3.05) is 0 Å². The molecular formula is C12H4Br2N2O2. The lowest BCUT2D eigenvalue weighted by atomic mass is 10.1. The number of fused-ring (bicyclic) bond motifs is 3. The quantitative estimate of drug-likeness (QED) is 0.454. The summed E-state index contributed by atoms with van der Waals surface area (Å²) in [5.41, 5.74) is 3.07. The summed E-state index contributed by atoms with van der Waals surface area (Å²) in [6.45, 7) is 0. The third kappa shape index (κ3) is 1.24. The Morgan fingerprint density at radius 2 is 1.22 bits per heavy atom. The van der Waals surface area contributed by atoms with Crippen molar-refractivity contribution in [1.82, 2.24) is 9.97 Å². The third-order valence-corrected chi connectivity index (χ3v) is 4.49. The van der Waals surface area contributed by atoms with Gasteiger partial charge in [-0.15, -0.1) is 0 Å². The lowest BCUT2D eigenvalue weighted by Crippen LogP contribution is -1.81. The molecule has 0 bridgehead atoms. The number of hydrogen-bond acceptors (Lipinski definition) is 4. The van der Waals surface area contributed by atoms with Crippen LogP contribution in [0.4, 0.5) is 0 Å². The monoisotopic (exact) mass is 366 g/mol. The topological polar surface area (TPSA) is 52.1 Å². The van der Waals surface area contributed by atoms with E-state index in [4.69, 9.17) is 8.83 Å². The molecule has 4 rings (SSSR count). The van der Waals surface area contributed by atoms with Crippen LogP contribution in [0.1, 0.15) is 0 Å². The second-order valence-electron chi connectivity index (χ2n) is 3.88. The molecule has 6 heteroatoms. The summed E-state index contributed by atoms with van der Waals surface area (Å²) in [4.78, 5) is 8.35. The molecule has 4 aromatic rings. The zero-order valence-corrected chi connectivity index (χ0v) is 11.9. The first-order valence-corrected chi connectivity index (χ1v) is 6.71. The minimum Gasteiger partial charge on any atom is -0.442 e. The van der Waals surface area contributed by atoms with E-state index in [1.54, 1.807) is 0 Å². The number of rotatable bonds is 0. The van der Waals surface area contributed by atoms with Crippen LogP contribution in [0.25, 0.3) is 33.0 Å². The highest BCUT2D eigenvalue weighted by molar-refractivity contribution is 9.11. The summed E-state index contributed by atoms with van der Waals surface area (Å²) >= 11 is 7.11. The Bertz CT molecular complexity index is 835. The average Bonchev–Trinajstić information content (AvgIpc) is 2.99. The molecule has 0 spiro atoms. The minimum atomic E-state index is 0.734. The van der Waals surface area contributed by atoms with Crippen molar-refractivity contribution in [3.05, 3.63) is 33.9 Å². The maximum atomic E-state index is 5.37. The zero-order chi connectivity index (χ0) is 12.3. The van der Waals surface area contributed by atoms with Gasteiger partial charge in [0, 0.05) is 10.8 Å². The fourth-order valence-electron chi connectivity index (χ4n) is 2.08. The standard InChI is InChI=1S/C12H4Br2N2O2/c13-9-5-1-7-11(17-3-15-7)10(14)6(5)2-8-12(9)18-4-16-8/h1-4H. The Morgan fingerprint density at radius 3 is 1.67 bits per heavy atom. The molecule has 0 unspecified atom stereocenters. The van der Waals surface area contributed by atoms with Crippen molar-refractivity contribution in [1.29, 1.82) is 0 Å². The van der Waals surface area contributed by atoms with Gasteiger partial charge in [0.1, 0.15) is 11.0 Å². The van der Waals surface area contributed by atoms with E-state index in [-0.39, 0.29) is 0 Å². The Morgan fingerprint density at radius 1 is 0.778 bits per heavy atom. The molecule has 0 atom stereocenters. The van der Waals surface area contributed by atoms with Crippen LogP contribution in [-0.4, -0.2) is 9.97 Å². The maximum Gasteiger partial charge on any atom is 0.182 e. The number of aromatic nitrogens is 2. The molecule has 18 heavy (non-hydrogen) atoms. The Balaban J connectivity index is 2.36. The molecule has 0 aliphatic carbocycles. The number of benzene rings is 2. The van der Waals surface area contributed by atoms with Crippen LogP contribution in [-0.2, 0) is 0 Å². The molecule has 0 N–H and O–H groups in total. The van der Waals surface area contributed by atoms with Crippen molar-refractivity contribution in [2.24, 2.45) is 0 Å². The Hall–Kier alpha value is -1.40. The smallest absolute Gasteiger partial charge is 0.182 e. The summed E-state index contributed by atoms with van der Waals surface area (Å²) < 4.78 is 12.5. The number of oxazole rings is 2. The minimum absolute atomic E-state index is 0.734. The van der Waals surface area contributed by atoms with Crippen molar-refractivity contribution in [3.63, 3.8) is 0 Å². The number of hydrogen-bond donors (Lipinski definition) is 0. The average molecular weight is 368 g/mol. The van der Waals surface area contributed by atoms with E-state index in [0.29, 0.717) is 0 Å². The van der Waals surface area contributed by atoms with Crippen molar-refractivity contribution < 1.29 is 8.83 Å². The van der Waals surface area contributed by atoms with Crippen LogP contribution in [0, 0.1) is 0 Å². The molecule has 4 nitrogen and oxygen atoms in total. The zero-order valence-electron chi connectivity index (χ0n) is 8.78. The van der Waals surface area contributed by atoms with E-state index >= 15 is 0 Å². The highest BCUT2D eigenvalue weighted by atomic mass is 79.9. The van der Waals surface area contributed by atoms with Crippen LogP contribution in [0.15, 0.2) is 42.7 Å². The van der Waals surface area contributed by atoms with Crippen LogP contribution in [0.5, 0.6) is 0 Å². The number of nitrogens with zero attached hydrogens (tertiary/aromatic N) is 2. The van der Waals surface area contributed by atoms with Gasteiger partial charge in [0.25, 0.3) is 0 Å². The predicted molar refractivity (Wildman–Crippen MR) is 74.5 cm³/mol.